The van der Waals surface area contributed by atoms with E-state index in [0.29, 0.717) is 10.9 Å². The number of aromatic nitrogens is 2. The molecule has 1 fully saturated rings. The number of hydrogen-bond acceptors (Lipinski definition) is 3. The number of nitrogens with zero attached hydrogens (tertiary/aromatic N) is 4. The average Bonchev–Trinajstić information content (AvgIpc) is 3.05. The number of amides is 1. The first-order valence-electron chi connectivity index (χ1n) is 10.3. The van der Waals surface area contributed by atoms with E-state index < -0.39 is 0 Å². The number of piperazine rings is 1. The average molecular weight is 403 g/mol. The predicted octanol–water partition coefficient (Wildman–Crippen LogP) is 4.06. The third-order valence-corrected chi connectivity index (χ3v) is 5.63. The first-order chi connectivity index (χ1) is 13.4. The molecule has 1 aliphatic rings. The molecule has 0 saturated carbocycles. The van der Waals surface area contributed by atoms with E-state index in [1.807, 2.05) is 33.8 Å². The summed E-state index contributed by atoms with van der Waals surface area (Å²) in [5.41, 5.74) is 3.64. The molecule has 0 N–H and O–H groups in total. The normalized spacial score (nSPS) is 15.4. The Morgan fingerprint density at radius 3 is 2.29 bits per heavy atom. The minimum atomic E-state index is 0.128. The topological polar surface area (TPSA) is 41.4 Å². The molecule has 152 valence electrons. The van der Waals surface area contributed by atoms with Crippen molar-refractivity contribution in [2.45, 2.75) is 40.5 Å². The van der Waals surface area contributed by atoms with Crippen LogP contribution in [-0.2, 0) is 12.8 Å². The van der Waals surface area contributed by atoms with Crippen LogP contribution in [0.1, 0.15) is 49.4 Å². The van der Waals surface area contributed by atoms with E-state index in [9.17, 15) is 4.79 Å². The zero-order valence-corrected chi connectivity index (χ0v) is 18.2. The van der Waals surface area contributed by atoms with E-state index in [1.54, 1.807) is 0 Å². The van der Waals surface area contributed by atoms with Crippen molar-refractivity contribution >= 4 is 17.5 Å². The predicted molar refractivity (Wildman–Crippen MR) is 115 cm³/mol. The first kappa shape index (κ1) is 20.9. The zero-order valence-electron chi connectivity index (χ0n) is 17.4. The Hall–Kier alpha value is -1.85. The molecular weight excluding hydrogens is 372 g/mol. The van der Waals surface area contributed by atoms with Crippen LogP contribution in [0.4, 0.5) is 0 Å². The summed E-state index contributed by atoms with van der Waals surface area (Å²) in [4.78, 5) is 17.9. The van der Waals surface area contributed by atoms with Gasteiger partial charge in [0.2, 0.25) is 0 Å². The number of rotatable bonds is 6. The van der Waals surface area contributed by atoms with Gasteiger partial charge >= 0.3 is 0 Å². The summed E-state index contributed by atoms with van der Waals surface area (Å²) >= 11 is 6.06. The lowest BCUT2D eigenvalue weighted by Crippen LogP contribution is -2.48. The Morgan fingerprint density at radius 2 is 1.75 bits per heavy atom. The van der Waals surface area contributed by atoms with Crippen molar-refractivity contribution in [1.29, 1.82) is 0 Å². The van der Waals surface area contributed by atoms with Crippen molar-refractivity contribution in [3.63, 3.8) is 0 Å². The summed E-state index contributed by atoms with van der Waals surface area (Å²) < 4.78 is 1.93. The number of hydrogen-bond donors (Lipinski definition) is 0. The van der Waals surface area contributed by atoms with Gasteiger partial charge in [0, 0.05) is 31.2 Å². The maximum atomic E-state index is 13.5. The standard InChI is InChI=1S/C22H31ClN4O/c1-5-20-21(22(28)26-13-11-25(6-2)12-14-26)19(15-16(3)4)24-27(20)18-9-7-17(23)8-10-18/h7-10,16H,5-6,11-15H2,1-4H3. The highest BCUT2D eigenvalue weighted by Gasteiger charge is 2.29. The molecule has 1 amide bonds. The molecule has 0 spiro atoms. The van der Waals surface area contributed by atoms with Crippen LogP contribution in [0.5, 0.6) is 0 Å². The second-order valence-electron chi connectivity index (χ2n) is 7.83. The molecule has 2 aromatic rings. The second kappa shape index (κ2) is 9.10. The SMILES string of the molecule is CCc1c(C(=O)N2CCN(CC)CC2)c(CC(C)C)nn1-c1ccc(Cl)cc1. The maximum absolute atomic E-state index is 13.5. The molecule has 1 saturated heterocycles. The van der Waals surface area contributed by atoms with Crippen LogP contribution in [0.15, 0.2) is 24.3 Å². The fourth-order valence-corrected chi connectivity index (χ4v) is 3.95. The molecule has 28 heavy (non-hydrogen) atoms. The van der Waals surface area contributed by atoms with Gasteiger partial charge in [0.1, 0.15) is 0 Å². The van der Waals surface area contributed by atoms with Crippen molar-refractivity contribution in [1.82, 2.24) is 19.6 Å². The van der Waals surface area contributed by atoms with Crippen LogP contribution in [-0.4, -0.2) is 58.2 Å². The lowest BCUT2D eigenvalue weighted by Gasteiger charge is -2.34. The lowest BCUT2D eigenvalue weighted by atomic mass is 10.0. The molecule has 0 unspecified atom stereocenters. The second-order valence-corrected chi connectivity index (χ2v) is 8.27. The smallest absolute Gasteiger partial charge is 0.257 e. The van der Waals surface area contributed by atoms with Crippen molar-refractivity contribution in [3.05, 3.63) is 46.2 Å². The van der Waals surface area contributed by atoms with Gasteiger partial charge in [-0.25, -0.2) is 4.68 Å². The van der Waals surface area contributed by atoms with Crippen LogP contribution < -0.4 is 0 Å². The van der Waals surface area contributed by atoms with Gasteiger partial charge in [0.15, 0.2) is 0 Å². The largest absolute Gasteiger partial charge is 0.336 e. The van der Waals surface area contributed by atoms with Gasteiger partial charge in [-0.3, -0.25) is 4.79 Å². The Bertz CT molecular complexity index is 805. The Kier molecular flexibility index (Phi) is 6.78. The fraction of sp³-hybridized carbons (Fsp3) is 0.545. The van der Waals surface area contributed by atoms with Crippen molar-refractivity contribution in [2.24, 2.45) is 5.92 Å². The molecule has 0 atom stereocenters. The summed E-state index contributed by atoms with van der Waals surface area (Å²) in [6.45, 7) is 13.1. The number of halogens is 1. The summed E-state index contributed by atoms with van der Waals surface area (Å²) in [6, 6.07) is 7.65. The van der Waals surface area contributed by atoms with Crippen LogP contribution in [0.3, 0.4) is 0 Å². The molecule has 0 bridgehead atoms. The lowest BCUT2D eigenvalue weighted by molar-refractivity contribution is 0.0641. The van der Waals surface area contributed by atoms with Crippen LogP contribution in [0.25, 0.3) is 5.69 Å². The highest BCUT2D eigenvalue weighted by atomic mass is 35.5. The van der Waals surface area contributed by atoms with Gasteiger partial charge in [-0.1, -0.05) is 39.3 Å². The minimum absolute atomic E-state index is 0.128. The van der Waals surface area contributed by atoms with E-state index in [2.05, 4.69) is 32.6 Å². The summed E-state index contributed by atoms with van der Waals surface area (Å²) in [5.74, 6) is 0.560. The molecule has 0 aliphatic carbocycles. The fourth-order valence-electron chi connectivity index (χ4n) is 3.83. The van der Waals surface area contributed by atoms with Gasteiger partial charge in [0.25, 0.3) is 5.91 Å². The number of likely N-dealkylation sites (N-methyl/N-ethyl adjacent to an activating group) is 1. The molecule has 2 heterocycles. The summed E-state index contributed by atoms with van der Waals surface area (Å²) in [6.07, 6.45) is 1.55. The quantitative estimate of drug-likeness (QED) is 0.731. The summed E-state index contributed by atoms with van der Waals surface area (Å²) in [5, 5.41) is 5.58. The highest BCUT2D eigenvalue weighted by molar-refractivity contribution is 6.30. The van der Waals surface area contributed by atoms with Crippen molar-refractivity contribution < 1.29 is 4.79 Å². The minimum Gasteiger partial charge on any atom is -0.336 e. The van der Waals surface area contributed by atoms with Crippen LogP contribution >= 0.6 is 11.6 Å². The molecule has 1 aromatic carbocycles. The molecule has 5 nitrogen and oxygen atoms in total. The molecular formula is C22H31ClN4O. The number of carbonyl (C=O) groups excluding carboxylic acids is 1. The van der Waals surface area contributed by atoms with Crippen LogP contribution in [0, 0.1) is 5.92 Å². The van der Waals surface area contributed by atoms with Gasteiger partial charge in [-0.15, -0.1) is 0 Å². The van der Waals surface area contributed by atoms with E-state index in [1.165, 1.54) is 0 Å². The van der Waals surface area contributed by atoms with E-state index in [-0.39, 0.29) is 5.91 Å². The third kappa shape index (κ3) is 4.41. The van der Waals surface area contributed by atoms with E-state index in [0.717, 1.165) is 68.2 Å². The van der Waals surface area contributed by atoms with Gasteiger partial charge in [-0.2, -0.15) is 5.10 Å². The third-order valence-electron chi connectivity index (χ3n) is 5.38. The van der Waals surface area contributed by atoms with Gasteiger partial charge < -0.3 is 9.80 Å². The van der Waals surface area contributed by atoms with E-state index in [4.69, 9.17) is 16.7 Å². The highest BCUT2D eigenvalue weighted by Crippen LogP contribution is 2.25. The van der Waals surface area contributed by atoms with Crippen LogP contribution in [0.2, 0.25) is 5.02 Å². The number of carbonyl (C=O) groups is 1. The maximum Gasteiger partial charge on any atom is 0.257 e. The molecule has 6 heteroatoms. The Balaban J connectivity index is 2.00. The van der Waals surface area contributed by atoms with E-state index >= 15 is 0 Å². The zero-order chi connectivity index (χ0) is 20.3. The van der Waals surface area contributed by atoms with Crippen molar-refractivity contribution in [3.8, 4) is 5.69 Å². The van der Waals surface area contributed by atoms with Crippen molar-refractivity contribution in [2.75, 3.05) is 32.7 Å². The molecule has 1 aromatic heterocycles. The number of benzene rings is 1. The van der Waals surface area contributed by atoms with Gasteiger partial charge in [-0.05, 0) is 49.6 Å². The Labute approximate surface area is 173 Å². The monoisotopic (exact) mass is 402 g/mol. The molecule has 1 aliphatic heterocycles. The Morgan fingerprint density at radius 1 is 1.11 bits per heavy atom. The van der Waals surface area contributed by atoms with Gasteiger partial charge in [0.05, 0.1) is 22.6 Å². The molecule has 3 rings (SSSR count). The summed E-state index contributed by atoms with van der Waals surface area (Å²) in [7, 11) is 0. The molecule has 0 radical (unpaired) electrons. The first-order valence-corrected chi connectivity index (χ1v) is 10.7.